The van der Waals surface area contributed by atoms with Crippen LogP contribution in [0.25, 0.3) is 0 Å². The van der Waals surface area contributed by atoms with Crippen LogP contribution in [0, 0.1) is 0 Å². The third-order valence-electron chi connectivity index (χ3n) is 3.70. The van der Waals surface area contributed by atoms with Crippen LogP contribution < -0.4 is 16.0 Å². The number of alkyl halides is 3. The maximum Gasteiger partial charge on any atom is 0.419 e. The predicted molar refractivity (Wildman–Crippen MR) is 97.1 cm³/mol. The molecule has 0 aliphatic carbocycles. The third-order valence-corrected chi connectivity index (χ3v) is 3.70. The average Bonchev–Trinajstić information content (AvgIpc) is 2.64. The molecule has 1 heterocycles. The SMILES string of the molecule is CN=C(NCCNc1ncccc1C(F)(F)F)NC(C)c1ccccc1. The van der Waals surface area contributed by atoms with E-state index in [1.807, 2.05) is 37.3 Å². The summed E-state index contributed by atoms with van der Waals surface area (Å²) in [5.41, 5.74) is 0.331. The van der Waals surface area contributed by atoms with Crippen LogP contribution in [0.3, 0.4) is 0 Å². The fourth-order valence-electron chi connectivity index (χ4n) is 2.36. The molecule has 1 atom stereocenters. The first kappa shape index (κ1) is 19.6. The number of nitrogens with zero attached hydrogens (tertiary/aromatic N) is 2. The summed E-state index contributed by atoms with van der Waals surface area (Å²) >= 11 is 0. The molecular weight excluding hydrogens is 343 g/mol. The van der Waals surface area contributed by atoms with Gasteiger partial charge in [-0.3, -0.25) is 4.99 Å². The first-order valence-electron chi connectivity index (χ1n) is 8.20. The zero-order chi connectivity index (χ0) is 19.0. The summed E-state index contributed by atoms with van der Waals surface area (Å²) in [7, 11) is 1.64. The van der Waals surface area contributed by atoms with Gasteiger partial charge in [0.1, 0.15) is 5.82 Å². The minimum atomic E-state index is -4.44. The molecule has 1 aromatic heterocycles. The maximum absolute atomic E-state index is 12.9. The third kappa shape index (κ3) is 5.65. The van der Waals surface area contributed by atoms with Crippen molar-refractivity contribution in [1.82, 2.24) is 15.6 Å². The minimum absolute atomic E-state index is 0.0444. The first-order chi connectivity index (χ1) is 12.4. The molecule has 0 radical (unpaired) electrons. The number of aromatic nitrogens is 1. The van der Waals surface area contributed by atoms with Gasteiger partial charge >= 0.3 is 6.18 Å². The quantitative estimate of drug-likeness (QED) is 0.417. The van der Waals surface area contributed by atoms with E-state index >= 15 is 0 Å². The number of nitrogens with one attached hydrogen (secondary N) is 3. The van der Waals surface area contributed by atoms with Crippen molar-refractivity contribution in [3.8, 4) is 0 Å². The number of pyridine rings is 1. The zero-order valence-corrected chi connectivity index (χ0v) is 14.6. The number of hydrogen-bond donors (Lipinski definition) is 3. The number of rotatable bonds is 6. The lowest BCUT2D eigenvalue weighted by atomic mass is 10.1. The molecule has 2 aromatic rings. The van der Waals surface area contributed by atoms with Crippen molar-refractivity contribution in [1.29, 1.82) is 0 Å². The molecule has 0 aliphatic rings. The van der Waals surface area contributed by atoms with Crippen molar-refractivity contribution >= 4 is 11.8 Å². The smallest absolute Gasteiger partial charge is 0.368 e. The normalized spacial score (nSPS) is 13.2. The van der Waals surface area contributed by atoms with Crippen molar-refractivity contribution in [2.75, 3.05) is 25.5 Å². The average molecular weight is 365 g/mol. The van der Waals surface area contributed by atoms with Crippen LogP contribution in [-0.4, -0.2) is 31.1 Å². The van der Waals surface area contributed by atoms with Gasteiger partial charge in [0.05, 0.1) is 11.6 Å². The van der Waals surface area contributed by atoms with Crippen LogP contribution >= 0.6 is 0 Å². The van der Waals surface area contributed by atoms with E-state index in [2.05, 4.69) is 25.9 Å². The van der Waals surface area contributed by atoms with Gasteiger partial charge in [-0.25, -0.2) is 4.98 Å². The Morgan fingerprint density at radius 1 is 1.12 bits per heavy atom. The highest BCUT2D eigenvalue weighted by atomic mass is 19.4. The highest BCUT2D eigenvalue weighted by Crippen LogP contribution is 2.33. The van der Waals surface area contributed by atoms with Crippen LogP contribution in [0.2, 0.25) is 0 Å². The van der Waals surface area contributed by atoms with Crippen LogP contribution in [0.15, 0.2) is 53.7 Å². The van der Waals surface area contributed by atoms with Gasteiger partial charge in [-0.2, -0.15) is 13.2 Å². The van der Waals surface area contributed by atoms with E-state index in [9.17, 15) is 13.2 Å². The molecule has 0 saturated heterocycles. The summed E-state index contributed by atoms with van der Waals surface area (Å²) in [5.74, 6) is 0.391. The Bertz CT molecular complexity index is 716. The van der Waals surface area contributed by atoms with E-state index < -0.39 is 11.7 Å². The van der Waals surface area contributed by atoms with E-state index in [0.29, 0.717) is 12.5 Å². The molecule has 0 fully saturated rings. The van der Waals surface area contributed by atoms with Crippen molar-refractivity contribution in [2.24, 2.45) is 4.99 Å². The first-order valence-corrected chi connectivity index (χ1v) is 8.20. The van der Waals surface area contributed by atoms with E-state index in [-0.39, 0.29) is 18.4 Å². The van der Waals surface area contributed by atoms with Gasteiger partial charge < -0.3 is 16.0 Å². The number of halogens is 3. The monoisotopic (exact) mass is 365 g/mol. The largest absolute Gasteiger partial charge is 0.419 e. The molecule has 0 amide bonds. The molecule has 8 heteroatoms. The van der Waals surface area contributed by atoms with Crippen LogP contribution in [0.4, 0.5) is 19.0 Å². The van der Waals surface area contributed by atoms with Gasteiger partial charge in [-0.15, -0.1) is 0 Å². The lowest BCUT2D eigenvalue weighted by Crippen LogP contribution is -2.40. The topological polar surface area (TPSA) is 61.3 Å². The van der Waals surface area contributed by atoms with Gasteiger partial charge in [0.15, 0.2) is 5.96 Å². The molecule has 1 unspecified atom stereocenters. The maximum atomic E-state index is 12.9. The fraction of sp³-hybridized carbons (Fsp3) is 0.333. The summed E-state index contributed by atoms with van der Waals surface area (Å²) in [6, 6.07) is 12.2. The lowest BCUT2D eigenvalue weighted by molar-refractivity contribution is -0.137. The van der Waals surface area contributed by atoms with Crippen LogP contribution in [0.1, 0.15) is 24.1 Å². The van der Waals surface area contributed by atoms with E-state index in [0.717, 1.165) is 11.6 Å². The Morgan fingerprint density at radius 3 is 2.50 bits per heavy atom. The number of guanidine groups is 1. The fourth-order valence-corrected chi connectivity index (χ4v) is 2.36. The molecule has 0 spiro atoms. The number of anilines is 1. The van der Waals surface area contributed by atoms with Crippen molar-refractivity contribution < 1.29 is 13.2 Å². The molecule has 26 heavy (non-hydrogen) atoms. The summed E-state index contributed by atoms with van der Waals surface area (Å²) in [5, 5.41) is 9.01. The van der Waals surface area contributed by atoms with E-state index in [1.54, 1.807) is 7.05 Å². The molecule has 0 aliphatic heterocycles. The van der Waals surface area contributed by atoms with Crippen LogP contribution in [-0.2, 0) is 6.18 Å². The lowest BCUT2D eigenvalue weighted by Gasteiger charge is -2.19. The Labute approximate surface area is 150 Å². The standard InChI is InChI=1S/C18H22F3N5/c1-13(14-7-4-3-5-8-14)26-17(22-2)25-12-11-24-16-15(18(19,20)21)9-6-10-23-16/h3-10,13H,11-12H2,1-2H3,(H,23,24)(H2,22,25,26). The van der Waals surface area contributed by atoms with Gasteiger partial charge in [0, 0.05) is 26.3 Å². The molecule has 0 saturated carbocycles. The molecule has 0 bridgehead atoms. The molecule has 140 valence electrons. The second-order valence-electron chi connectivity index (χ2n) is 5.60. The van der Waals surface area contributed by atoms with Gasteiger partial charge in [0.2, 0.25) is 0 Å². The van der Waals surface area contributed by atoms with Gasteiger partial charge in [-0.05, 0) is 24.6 Å². The Balaban J connectivity index is 1.84. The van der Waals surface area contributed by atoms with Crippen molar-refractivity contribution in [3.05, 3.63) is 59.8 Å². The van der Waals surface area contributed by atoms with Crippen molar-refractivity contribution in [2.45, 2.75) is 19.1 Å². The van der Waals surface area contributed by atoms with Gasteiger partial charge in [0.25, 0.3) is 0 Å². The zero-order valence-electron chi connectivity index (χ0n) is 14.6. The highest BCUT2D eigenvalue weighted by molar-refractivity contribution is 5.80. The Kier molecular flexibility index (Phi) is 6.82. The predicted octanol–water partition coefficient (Wildman–Crippen LogP) is 3.44. The number of benzene rings is 1. The molecule has 2 rings (SSSR count). The summed E-state index contributed by atoms with van der Waals surface area (Å²) < 4.78 is 38.8. The summed E-state index contributed by atoms with van der Waals surface area (Å²) in [6.07, 6.45) is -3.11. The van der Waals surface area contributed by atoms with Crippen molar-refractivity contribution in [3.63, 3.8) is 0 Å². The molecular formula is C18H22F3N5. The molecule has 1 aromatic carbocycles. The van der Waals surface area contributed by atoms with E-state index in [4.69, 9.17) is 0 Å². The van der Waals surface area contributed by atoms with E-state index in [1.165, 1.54) is 12.3 Å². The second kappa shape index (κ2) is 9.07. The minimum Gasteiger partial charge on any atom is -0.368 e. The Hall–Kier alpha value is -2.77. The Morgan fingerprint density at radius 2 is 1.85 bits per heavy atom. The summed E-state index contributed by atoms with van der Waals surface area (Å²) in [4.78, 5) is 7.89. The second-order valence-corrected chi connectivity index (χ2v) is 5.60. The number of hydrogen-bond acceptors (Lipinski definition) is 3. The summed E-state index contributed by atoms with van der Waals surface area (Å²) in [6.45, 7) is 2.65. The number of aliphatic imine (C=N–C) groups is 1. The van der Waals surface area contributed by atoms with Gasteiger partial charge in [-0.1, -0.05) is 30.3 Å². The highest BCUT2D eigenvalue weighted by Gasteiger charge is 2.33. The molecule has 3 N–H and O–H groups in total. The van der Waals surface area contributed by atoms with Crippen LogP contribution in [0.5, 0.6) is 0 Å². The molecule has 5 nitrogen and oxygen atoms in total.